The molecule has 2 heterocycles. The van der Waals surface area contributed by atoms with Crippen molar-refractivity contribution in [1.82, 2.24) is 10.2 Å². The Balaban J connectivity index is 1.88. The highest BCUT2D eigenvalue weighted by atomic mass is 79.9. The second-order valence-corrected chi connectivity index (χ2v) is 4.26. The molecule has 0 bridgehead atoms. The van der Waals surface area contributed by atoms with Crippen LogP contribution >= 0.6 is 15.9 Å². The minimum atomic E-state index is -0.414. The van der Waals surface area contributed by atoms with E-state index in [0.717, 1.165) is 26.2 Å². The van der Waals surface area contributed by atoms with Crippen LogP contribution in [-0.4, -0.2) is 47.7 Å². The lowest BCUT2D eigenvalue weighted by molar-refractivity contribution is -0.142. The highest BCUT2D eigenvalue weighted by Crippen LogP contribution is 2.16. The second kappa shape index (κ2) is 4.27. The number of carbonyl (C=O) groups is 1. The molecule has 0 aromatic carbocycles. The summed E-state index contributed by atoms with van der Waals surface area (Å²) in [6.45, 7) is 3.24. The number of carbonyl (C=O) groups excluding carboxylic acids is 1. The van der Waals surface area contributed by atoms with Crippen LogP contribution in [0.25, 0.3) is 0 Å². The normalized spacial score (nSPS) is 27.1. The Hall–Kier alpha value is -0.620. The van der Waals surface area contributed by atoms with Gasteiger partial charge in [-0.1, -0.05) is 5.16 Å². The fourth-order valence-electron chi connectivity index (χ4n) is 1.57. The van der Waals surface area contributed by atoms with Crippen molar-refractivity contribution in [1.29, 1.82) is 0 Å². The molecular formula is C8H12BrN3O2. The molecule has 1 unspecified atom stereocenters. The third-order valence-corrected chi connectivity index (χ3v) is 2.81. The molecule has 2 rings (SSSR count). The second-order valence-electron chi connectivity index (χ2n) is 3.34. The third-order valence-electron chi connectivity index (χ3n) is 2.34. The molecule has 2 aliphatic heterocycles. The Kier molecular flexibility index (Phi) is 3.02. The molecule has 0 aromatic rings. The van der Waals surface area contributed by atoms with Crippen LogP contribution in [0.4, 0.5) is 0 Å². The van der Waals surface area contributed by atoms with Gasteiger partial charge in [0.25, 0.3) is 5.91 Å². The molecule has 78 valence electrons. The number of oxime groups is 1. The molecule has 1 saturated heterocycles. The molecule has 5 nitrogen and oxygen atoms in total. The topological polar surface area (TPSA) is 53.9 Å². The van der Waals surface area contributed by atoms with Gasteiger partial charge in [-0.25, -0.2) is 0 Å². The molecule has 0 saturated carbocycles. The fourth-order valence-corrected chi connectivity index (χ4v) is 1.95. The summed E-state index contributed by atoms with van der Waals surface area (Å²) < 4.78 is 0.714. The van der Waals surface area contributed by atoms with Crippen molar-refractivity contribution in [2.75, 3.05) is 26.2 Å². The first kappa shape index (κ1) is 9.92. The lowest BCUT2D eigenvalue weighted by Gasteiger charge is -2.28. The van der Waals surface area contributed by atoms with E-state index in [-0.39, 0.29) is 5.91 Å². The van der Waals surface area contributed by atoms with Gasteiger partial charge in [-0.3, -0.25) is 4.79 Å². The van der Waals surface area contributed by atoms with E-state index in [2.05, 4.69) is 26.4 Å². The Morgan fingerprint density at radius 3 is 2.86 bits per heavy atom. The van der Waals surface area contributed by atoms with E-state index in [1.165, 1.54) is 0 Å². The smallest absolute Gasteiger partial charge is 0.267 e. The van der Waals surface area contributed by atoms with E-state index < -0.39 is 6.10 Å². The van der Waals surface area contributed by atoms with Crippen molar-refractivity contribution < 1.29 is 9.63 Å². The van der Waals surface area contributed by atoms with Crippen molar-refractivity contribution in [3.05, 3.63) is 0 Å². The van der Waals surface area contributed by atoms with Crippen LogP contribution in [0.3, 0.4) is 0 Å². The van der Waals surface area contributed by atoms with E-state index in [0.29, 0.717) is 11.0 Å². The van der Waals surface area contributed by atoms with Gasteiger partial charge in [0.1, 0.15) is 4.62 Å². The number of nitrogens with zero attached hydrogens (tertiary/aromatic N) is 2. The number of piperazine rings is 1. The predicted octanol–water partition coefficient (Wildman–Crippen LogP) is -0.0845. The Labute approximate surface area is 90.6 Å². The van der Waals surface area contributed by atoms with Crippen LogP contribution in [-0.2, 0) is 9.63 Å². The van der Waals surface area contributed by atoms with Gasteiger partial charge in [0.15, 0.2) is 0 Å². The lowest BCUT2D eigenvalue weighted by Crippen LogP contribution is -2.49. The monoisotopic (exact) mass is 261 g/mol. The molecular weight excluding hydrogens is 250 g/mol. The van der Waals surface area contributed by atoms with E-state index in [9.17, 15) is 4.79 Å². The maximum atomic E-state index is 11.8. The molecule has 1 atom stereocenters. The number of amides is 1. The average Bonchev–Trinajstić information content (AvgIpc) is 2.65. The van der Waals surface area contributed by atoms with E-state index in [1.807, 2.05) is 4.90 Å². The van der Waals surface area contributed by atoms with Gasteiger partial charge in [0.2, 0.25) is 6.10 Å². The average molecular weight is 262 g/mol. The number of nitrogens with one attached hydrogen (secondary N) is 1. The number of halogens is 1. The minimum absolute atomic E-state index is 0.0460. The van der Waals surface area contributed by atoms with Gasteiger partial charge < -0.3 is 15.1 Å². The number of rotatable bonds is 1. The van der Waals surface area contributed by atoms with Crippen LogP contribution in [0.2, 0.25) is 0 Å². The predicted molar refractivity (Wildman–Crippen MR) is 55.3 cm³/mol. The molecule has 0 radical (unpaired) electrons. The summed E-state index contributed by atoms with van der Waals surface area (Å²) in [6.07, 6.45) is 0.144. The summed E-state index contributed by atoms with van der Waals surface area (Å²) in [7, 11) is 0. The largest absolute Gasteiger partial charge is 0.381 e. The molecule has 14 heavy (non-hydrogen) atoms. The Bertz CT molecular complexity index is 259. The van der Waals surface area contributed by atoms with Gasteiger partial charge in [0.05, 0.1) is 0 Å². The van der Waals surface area contributed by atoms with Crippen molar-refractivity contribution >= 4 is 26.5 Å². The van der Waals surface area contributed by atoms with Crippen molar-refractivity contribution in [3.8, 4) is 0 Å². The summed E-state index contributed by atoms with van der Waals surface area (Å²) in [4.78, 5) is 18.7. The van der Waals surface area contributed by atoms with Gasteiger partial charge in [0, 0.05) is 32.6 Å². The molecule has 2 aliphatic rings. The summed E-state index contributed by atoms with van der Waals surface area (Å²) in [6, 6.07) is 0. The fraction of sp³-hybridized carbons (Fsp3) is 0.750. The third kappa shape index (κ3) is 2.06. The van der Waals surface area contributed by atoms with Crippen molar-refractivity contribution in [3.63, 3.8) is 0 Å². The first-order valence-electron chi connectivity index (χ1n) is 4.65. The molecule has 0 spiro atoms. The van der Waals surface area contributed by atoms with Crippen molar-refractivity contribution in [2.24, 2.45) is 5.16 Å². The Morgan fingerprint density at radius 2 is 2.29 bits per heavy atom. The zero-order chi connectivity index (χ0) is 9.97. The number of hydrogen-bond donors (Lipinski definition) is 1. The summed E-state index contributed by atoms with van der Waals surface area (Å²) in [5.41, 5.74) is 0. The zero-order valence-corrected chi connectivity index (χ0v) is 9.29. The van der Waals surface area contributed by atoms with E-state index in [4.69, 9.17) is 4.84 Å². The molecule has 1 amide bonds. The van der Waals surface area contributed by atoms with E-state index in [1.54, 1.807) is 0 Å². The molecule has 0 aromatic heterocycles. The summed E-state index contributed by atoms with van der Waals surface area (Å²) in [5.74, 6) is 0.0460. The standard InChI is InChI=1S/C8H12BrN3O2/c9-7-5-6(14-11-7)8(13)12-3-1-10-2-4-12/h6,10H,1-5H2. The van der Waals surface area contributed by atoms with Crippen LogP contribution < -0.4 is 5.32 Å². The molecule has 6 heteroatoms. The molecule has 0 aliphatic carbocycles. The van der Waals surface area contributed by atoms with E-state index >= 15 is 0 Å². The SMILES string of the molecule is O=C(C1CC(Br)=NO1)N1CCNCC1. The minimum Gasteiger partial charge on any atom is -0.381 e. The lowest BCUT2D eigenvalue weighted by atomic mass is 10.2. The molecule has 1 N–H and O–H groups in total. The maximum absolute atomic E-state index is 11.8. The van der Waals surface area contributed by atoms with Gasteiger partial charge in [-0.15, -0.1) is 0 Å². The highest BCUT2D eigenvalue weighted by Gasteiger charge is 2.31. The van der Waals surface area contributed by atoms with Crippen LogP contribution in [0.5, 0.6) is 0 Å². The van der Waals surface area contributed by atoms with Crippen LogP contribution in [0.15, 0.2) is 5.16 Å². The summed E-state index contributed by atoms with van der Waals surface area (Å²) >= 11 is 3.21. The van der Waals surface area contributed by atoms with Gasteiger partial charge in [-0.05, 0) is 15.9 Å². The quantitative estimate of drug-likeness (QED) is 0.719. The Morgan fingerprint density at radius 1 is 1.57 bits per heavy atom. The van der Waals surface area contributed by atoms with Gasteiger partial charge >= 0.3 is 0 Å². The van der Waals surface area contributed by atoms with Crippen molar-refractivity contribution in [2.45, 2.75) is 12.5 Å². The first-order valence-corrected chi connectivity index (χ1v) is 5.44. The summed E-state index contributed by atoms with van der Waals surface area (Å²) in [5, 5.41) is 6.90. The highest BCUT2D eigenvalue weighted by molar-refractivity contribution is 9.18. The maximum Gasteiger partial charge on any atom is 0.267 e. The first-order chi connectivity index (χ1) is 6.77. The zero-order valence-electron chi connectivity index (χ0n) is 7.70. The molecule has 1 fully saturated rings. The number of hydrogen-bond acceptors (Lipinski definition) is 4. The van der Waals surface area contributed by atoms with Crippen LogP contribution in [0, 0.1) is 0 Å². The van der Waals surface area contributed by atoms with Gasteiger partial charge in [-0.2, -0.15) is 0 Å². The van der Waals surface area contributed by atoms with Crippen LogP contribution in [0.1, 0.15) is 6.42 Å².